The van der Waals surface area contributed by atoms with Gasteiger partial charge in [-0.15, -0.1) is 0 Å². The topological polar surface area (TPSA) is 78.8 Å². The van der Waals surface area contributed by atoms with Crippen LogP contribution >= 0.6 is 11.6 Å². The minimum absolute atomic E-state index is 0. The van der Waals surface area contributed by atoms with Crippen LogP contribution in [0.5, 0.6) is 5.75 Å². The van der Waals surface area contributed by atoms with Gasteiger partial charge < -0.3 is 16.0 Å². The van der Waals surface area contributed by atoms with E-state index in [-0.39, 0.29) is 39.5 Å². The third-order valence-electron chi connectivity index (χ3n) is 1.34. The number of nitrogens with zero attached hydrogens (tertiary/aromatic N) is 1. The van der Waals surface area contributed by atoms with Crippen LogP contribution in [-0.2, 0) is 22.4 Å². The zero-order chi connectivity index (χ0) is 9.14. The Hall–Kier alpha value is -0.680. The number of nitrogens with two attached hydrogens (primary N) is 1. The molecule has 6 heteroatoms. The fourth-order valence-corrected chi connectivity index (χ4v) is 0.939. The van der Waals surface area contributed by atoms with Gasteiger partial charge in [0.05, 0.1) is 5.56 Å². The Bertz CT molecular complexity index is 330. The van der Waals surface area contributed by atoms with Crippen LogP contribution < -0.4 is 5.73 Å². The molecule has 13 heavy (non-hydrogen) atoms. The van der Waals surface area contributed by atoms with Crippen molar-refractivity contribution in [2.24, 2.45) is 10.9 Å². The van der Waals surface area contributed by atoms with E-state index in [1.807, 2.05) is 0 Å². The van der Waals surface area contributed by atoms with Gasteiger partial charge in [0.15, 0.2) is 5.84 Å². The number of amidine groups is 1. The van der Waals surface area contributed by atoms with Gasteiger partial charge >= 0.3 is 0 Å². The summed E-state index contributed by atoms with van der Waals surface area (Å²) >= 11 is 5.61. The first-order chi connectivity index (χ1) is 5.65. The molecule has 0 aliphatic carbocycles. The van der Waals surface area contributed by atoms with Crippen molar-refractivity contribution in [2.75, 3.05) is 0 Å². The first-order valence-electron chi connectivity index (χ1n) is 3.11. The molecule has 0 fully saturated rings. The van der Waals surface area contributed by atoms with E-state index in [9.17, 15) is 5.11 Å². The second-order valence-corrected chi connectivity index (χ2v) is 2.58. The monoisotopic (exact) mass is 293 g/mol. The largest absolute Gasteiger partial charge is 0.507 e. The average molecular weight is 294 g/mol. The Morgan fingerprint density at radius 3 is 2.62 bits per heavy atom. The van der Waals surface area contributed by atoms with E-state index in [1.54, 1.807) is 0 Å². The number of hydrogen-bond acceptors (Lipinski definition) is 3. The van der Waals surface area contributed by atoms with Crippen molar-refractivity contribution in [3.8, 4) is 5.75 Å². The first kappa shape index (κ1) is 12.3. The molecule has 0 bridgehead atoms. The molecule has 0 aromatic heterocycles. The molecule has 4 N–H and O–H groups in total. The number of aromatic hydroxyl groups is 1. The molecule has 0 saturated carbocycles. The van der Waals surface area contributed by atoms with Crippen molar-refractivity contribution in [3.05, 3.63) is 28.8 Å². The number of benzene rings is 1. The van der Waals surface area contributed by atoms with E-state index in [4.69, 9.17) is 22.5 Å². The van der Waals surface area contributed by atoms with Gasteiger partial charge in [0.1, 0.15) is 5.75 Å². The Balaban J connectivity index is 0.00000144. The second kappa shape index (κ2) is 5.14. The van der Waals surface area contributed by atoms with Crippen LogP contribution in [-0.4, -0.2) is 16.1 Å². The van der Waals surface area contributed by atoms with Crippen LogP contribution in [0.25, 0.3) is 0 Å². The smallest absolute Gasteiger partial charge is 0.173 e. The quantitative estimate of drug-likeness (QED) is 0.239. The van der Waals surface area contributed by atoms with Crippen molar-refractivity contribution in [1.82, 2.24) is 0 Å². The van der Waals surface area contributed by atoms with Gasteiger partial charge in [0, 0.05) is 27.4 Å². The molecule has 0 heterocycles. The number of halogens is 1. The Labute approximate surface area is 95.5 Å². The molecule has 0 unspecified atom stereocenters. The van der Waals surface area contributed by atoms with Crippen LogP contribution in [0.3, 0.4) is 0 Å². The first-order valence-corrected chi connectivity index (χ1v) is 3.49. The molecular formula is C7H7AgClN2O2. The summed E-state index contributed by atoms with van der Waals surface area (Å²) in [6.07, 6.45) is 0. The van der Waals surface area contributed by atoms with Crippen molar-refractivity contribution >= 4 is 17.4 Å². The normalized spacial score (nSPS) is 10.7. The van der Waals surface area contributed by atoms with Gasteiger partial charge in [0.25, 0.3) is 0 Å². The summed E-state index contributed by atoms with van der Waals surface area (Å²) in [5.41, 5.74) is 5.46. The number of phenolic OH excluding ortho intramolecular Hbond substituents is 1. The summed E-state index contributed by atoms with van der Waals surface area (Å²) in [5, 5.41) is 20.7. The maximum atomic E-state index is 9.21. The summed E-state index contributed by atoms with van der Waals surface area (Å²) in [6.45, 7) is 0. The fourth-order valence-electron chi connectivity index (χ4n) is 0.767. The van der Waals surface area contributed by atoms with E-state index < -0.39 is 0 Å². The Morgan fingerprint density at radius 1 is 1.46 bits per heavy atom. The van der Waals surface area contributed by atoms with Crippen molar-refractivity contribution < 1.29 is 32.7 Å². The average Bonchev–Trinajstić information content (AvgIpc) is 2.08. The third kappa shape index (κ3) is 2.93. The van der Waals surface area contributed by atoms with E-state index in [2.05, 4.69) is 5.16 Å². The molecule has 1 aromatic carbocycles. The molecular weight excluding hydrogens is 287 g/mol. The van der Waals surface area contributed by atoms with Crippen LogP contribution in [0.15, 0.2) is 23.4 Å². The Kier molecular flexibility index (Phi) is 4.87. The molecule has 75 valence electrons. The van der Waals surface area contributed by atoms with Gasteiger partial charge in [-0.3, -0.25) is 0 Å². The number of hydrogen-bond donors (Lipinski definition) is 3. The van der Waals surface area contributed by atoms with E-state index in [0.29, 0.717) is 5.02 Å². The van der Waals surface area contributed by atoms with Gasteiger partial charge in [-0.2, -0.15) is 0 Å². The SMILES string of the molecule is NC(=NO)c1cc(Cl)ccc1O.[Ag]. The van der Waals surface area contributed by atoms with Crippen molar-refractivity contribution in [2.45, 2.75) is 0 Å². The van der Waals surface area contributed by atoms with E-state index >= 15 is 0 Å². The van der Waals surface area contributed by atoms with Gasteiger partial charge in [0.2, 0.25) is 0 Å². The molecule has 1 aromatic rings. The number of oxime groups is 1. The zero-order valence-electron chi connectivity index (χ0n) is 6.33. The van der Waals surface area contributed by atoms with E-state index in [1.165, 1.54) is 18.2 Å². The summed E-state index contributed by atoms with van der Waals surface area (Å²) in [5.74, 6) is -0.246. The van der Waals surface area contributed by atoms with E-state index in [0.717, 1.165) is 0 Å². The predicted molar refractivity (Wildman–Crippen MR) is 45.6 cm³/mol. The van der Waals surface area contributed by atoms with Crippen molar-refractivity contribution in [1.29, 1.82) is 0 Å². The zero-order valence-corrected chi connectivity index (χ0v) is 8.57. The van der Waals surface area contributed by atoms with Crippen LogP contribution in [0.4, 0.5) is 0 Å². The fraction of sp³-hybridized carbons (Fsp3) is 0. The number of rotatable bonds is 1. The molecule has 0 amide bonds. The van der Waals surface area contributed by atoms with Gasteiger partial charge in [-0.05, 0) is 18.2 Å². The molecule has 4 nitrogen and oxygen atoms in total. The van der Waals surface area contributed by atoms with Crippen LogP contribution in [0.2, 0.25) is 5.02 Å². The molecule has 0 saturated heterocycles. The Morgan fingerprint density at radius 2 is 2.08 bits per heavy atom. The minimum Gasteiger partial charge on any atom is -0.507 e. The van der Waals surface area contributed by atoms with Gasteiger partial charge in [-0.1, -0.05) is 16.8 Å². The standard InChI is InChI=1S/C7H7ClN2O2.Ag/c8-4-1-2-6(11)5(3-4)7(9)10-12;/h1-3,11-12H,(H2,9,10);. The maximum absolute atomic E-state index is 9.21. The second-order valence-electron chi connectivity index (χ2n) is 2.15. The molecule has 0 spiro atoms. The van der Waals surface area contributed by atoms with Gasteiger partial charge in [-0.25, -0.2) is 0 Å². The molecule has 0 aliphatic rings. The summed E-state index contributed by atoms with van der Waals surface area (Å²) in [4.78, 5) is 0. The molecule has 0 aliphatic heterocycles. The van der Waals surface area contributed by atoms with Crippen LogP contribution in [0.1, 0.15) is 5.56 Å². The number of phenols is 1. The predicted octanol–water partition coefficient (Wildman–Crippen LogP) is 1.14. The van der Waals surface area contributed by atoms with Crippen molar-refractivity contribution in [3.63, 3.8) is 0 Å². The summed E-state index contributed by atoms with van der Waals surface area (Å²) < 4.78 is 0. The maximum Gasteiger partial charge on any atom is 0.173 e. The third-order valence-corrected chi connectivity index (χ3v) is 1.58. The molecule has 1 rings (SSSR count). The summed E-state index contributed by atoms with van der Waals surface area (Å²) in [7, 11) is 0. The molecule has 1 radical (unpaired) electrons. The minimum atomic E-state index is -0.171. The summed E-state index contributed by atoms with van der Waals surface area (Å²) in [6, 6.07) is 4.28. The van der Waals surface area contributed by atoms with Crippen LogP contribution in [0, 0.1) is 0 Å². The molecule has 0 atom stereocenters.